The minimum absolute atomic E-state index is 0.889. The summed E-state index contributed by atoms with van der Waals surface area (Å²) in [4.78, 5) is 7.78. The fraction of sp³-hybridized carbons (Fsp3) is 0.250. The minimum atomic E-state index is 0.889. The molecule has 0 amide bonds. The molecule has 0 saturated carbocycles. The van der Waals surface area contributed by atoms with E-state index < -0.39 is 0 Å². The average Bonchev–Trinajstić information content (AvgIpc) is 2.68. The van der Waals surface area contributed by atoms with E-state index in [1.807, 2.05) is 6.20 Å². The Morgan fingerprint density at radius 3 is 2.56 bits per heavy atom. The number of anilines is 1. The van der Waals surface area contributed by atoms with E-state index in [1.54, 1.807) is 11.3 Å². The van der Waals surface area contributed by atoms with Crippen LogP contribution in [0.15, 0.2) is 34.9 Å². The standard InChI is InChI=1S/C12H13BrN2S/c1-9-7-14-12(16-9)15(2)8-10-3-5-11(13)6-4-10/h3-7H,8H2,1-2H3. The van der Waals surface area contributed by atoms with Gasteiger partial charge in [-0.15, -0.1) is 11.3 Å². The molecule has 0 N–H and O–H groups in total. The molecule has 1 aromatic carbocycles. The largest absolute Gasteiger partial charge is 0.347 e. The molecule has 1 aromatic heterocycles. The highest BCUT2D eigenvalue weighted by Crippen LogP contribution is 2.22. The second-order valence-electron chi connectivity index (χ2n) is 3.74. The number of benzene rings is 1. The van der Waals surface area contributed by atoms with Crippen molar-refractivity contribution in [1.29, 1.82) is 0 Å². The van der Waals surface area contributed by atoms with Crippen LogP contribution >= 0.6 is 27.3 Å². The quantitative estimate of drug-likeness (QED) is 0.855. The van der Waals surface area contributed by atoms with Crippen molar-refractivity contribution in [2.24, 2.45) is 0 Å². The van der Waals surface area contributed by atoms with Gasteiger partial charge in [0, 0.05) is 29.1 Å². The Morgan fingerprint density at radius 2 is 2.00 bits per heavy atom. The first-order chi connectivity index (χ1) is 7.65. The summed E-state index contributed by atoms with van der Waals surface area (Å²) in [5.41, 5.74) is 1.29. The number of aromatic nitrogens is 1. The fourth-order valence-electron chi connectivity index (χ4n) is 1.45. The zero-order valence-corrected chi connectivity index (χ0v) is 11.7. The van der Waals surface area contributed by atoms with E-state index >= 15 is 0 Å². The summed E-state index contributed by atoms with van der Waals surface area (Å²) < 4.78 is 1.11. The number of thiazole rings is 1. The summed E-state index contributed by atoms with van der Waals surface area (Å²) in [6, 6.07) is 8.38. The third-order valence-corrected chi connectivity index (χ3v) is 3.82. The lowest BCUT2D eigenvalue weighted by atomic mass is 10.2. The van der Waals surface area contributed by atoms with E-state index in [4.69, 9.17) is 0 Å². The molecule has 1 heterocycles. The Hall–Kier alpha value is -0.870. The van der Waals surface area contributed by atoms with Gasteiger partial charge in [-0.05, 0) is 24.6 Å². The number of hydrogen-bond acceptors (Lipinski definition) is 3. The lowest BCUT2D eigenvalue weighted by molar-refractivity contribution is 0.914. The molecule has 2 aromatic rings. The van der Waals surface area contributed by atoms with Gasteiger partial charge < -0.3 is 4.90 Å². The first-order valence-corrected chi connectivity index (χ1v) is 6.64. The van der Waals surface area contributed by atoms with E-state index in [0.29, 0.717) is 0 Å². The van der Waals surface area contributed by atoms with Crippen molar-refractivity contribution in [3.8, 4) is 0 Å². The Balaban J connectivity index is 2.07. The normalized spacial score (nSPS) is 10.4. The van der Waals surface area contributed by atoms with Gasteiger partial charge in [0.05, 0.1) is 0 Å². The van der Waals surface area contributed by atoms with Crippen molar-refractivity contribution in [2.75, 3.05) is 11.9 Å². The van der Waals surface area contributed by atoms with Crippen LogP contribution in [0, 0.1) is 6.92 Å². The van der Waals surface area contributed by atoms with E-state index in [9.17, 15) is 0 Å². The maximum Gasteiger partial charge on any atom is 0.185 e. The van der Waals surface area contributed by atoms with Crippen molar-refractivity contribution < 1.29 is 0 Å². The van der Waals surface area contributed by atoms with Crippen LogP contribution < -0.4 is 4.90 Å². The summed E-state index contributed by atoms with van der Waals surface area (Å²) >= 11 is 5.16. The molecular formula is C12H13BrN2S. The van der Waals surface area contributed by atoms with Crippen molar-refractivity contribution in [3.05, 3.63) is 45.4 Å². The molecule has 2 nitrogen and oxygen atoms in total. The van der Waals surface area contributed by atoms with Gasteiger partial charge >= 0.3 is 0 Å². The van der Waals surface area contributed by atoms with Crippen LogP contribution in [0.2, 0.25) is 0 Å². The van der Waals surface area contributed by atoms with Crippen LogP contribution in [-0.4, -0.2) is 12.0 Å². The maximum absolute atomic E-state index is 4.36. The Morgan fingerprint density at radius 1 is 1.31 bits per heavy atom. The first-order valence-electron chi connectivity index (χ1n) is 5.03. The van der Waals surface area contributed by atoms with E-state index in [-0.39, 0.29) is 0 Å². The summed E-state index contributed by atoms with van der Waals surface area (Å²) in [5.74, 6) is 0. The molecule has 4 heteroatoms. The zero-order valence-electron chi connectivity index (χ0n) is 9.27. The predicted molar refractivity (Wildman–Crippen MR) is 73.1 cm³/mol. The van der Waals surface area contributed by atoms with Gasteiger partial charge in [0.15, 0.2) is 5.13 Å². The van der Waals surface area contributed by atoms with Crippen LogP contribution in [0.1, 0.15) is 10.4 Å². The second kappa shape index (κ2) is 4.97. The van der Waals surface area contributed by atoms with Gasteiger partial charge in [0.2, 0.25) is 0 Å². The molecular weight excluding hydrogens is 284 g/mol. The van der Waals surface area contributed by atoms with Gasteiger partial charge in [0.25, 0.3) is 0 Å². The summed E-state index contributed by atoms with van der Waals surface area (Å²) in [6.07, 6.45) is 1.91. The Kier molecular flexibility index (Phi) is 3.61. The lowest BCUT2D eigenvalue weighted by Crippen LogP contribution is -2.15. The van der Waals surface area contributed by atoms with Gasteiger partial charge in [-0.2, -0.15) is 0 Å². The van der Waals surface area contributed by atoms with E-state index in [2.05, 4.69) is 64.1 Å². The molecule has 0 radical (unpaired) electrons. The van der Waals surface area contributed by atoms with Crippen LogP contribution in [0.4, 0.5) is 5.13 Å². The highest BCUT2D eigenvalue weighted by Gasteiger charge is 2.05. The molecule has 0 saturated heterocycles. The molecule has 0 atom stereocenters. The molecule has 16 heavy (non-hydrogen) atoms. The number of halogens is 1. The van der Waals surface area contributed by atoms with Crippen molar-refractivity contribution >= 4 is 32.4 Å². The third kappa shape index (κ3) is 2.83. The van der Waals surface area contributed by atoms with Crippen LogP contribution in [-0.2, 0) is 6.54 Å². The smallest absolute Gasteiger partial charge is 0.185 e. The fourth-order valence-corrected chi connectivity index (χ4v) is 2.43. The molecule has 0 aliphatic heterocycles. The van der Waals surface area contributed by atoms with Gasteiger partial charge in [-0.1, -0.05) is 28.1 Å². The van der Waals surface area contributed by atoms with E-state index in [0.717, 1.165) is 16.1 Å². The van der Waals surface area contributed by atoms with Crippen LogP contribution in [0.25, 0.3) is 0 Å². The molecule has 0 aliphatic carbocycles. The first kappa shape index (κ1) is 11.6. The number of nitrogens with zero attached hydrogens (tertiary/aromatic N) is 2. The van der Waals surface area contributed by atoms with Gasteiger partial charge in [0.1, 0.15) is 0 Å². The number of rotatable bonds is 3. The molecule has 84 valence electrons. The molecule has 2 rings (SSSR count). The number of aryl methyl sites for hydroxylation is 1. The molecule has 0 spiro atoms. The molecule has 0 fully saturated rings. The Bertz CT molecular complexity index is 464. The number of hydrogen-bond donors (Lipinski definition) is 0. The van der Waals surface area contributed by atoms with Crippen molar-refractivity contribution in [3.63, 3.8) is 0 Å². The predicted octanol–water partition coefficient (Wildman–Crippen LogP) is 3.85. The minimum Gasteiger partial charge on any atom is -0.347 e. The monoisotopic (exact) mass is 296 g/mol. The zero-order chi connectivity index (χ0) is 11.5. The lowest BCUT2D eigenvalue weighted by Gasteiger charge is -2.15. The van der Waals surface area contributed by atoms with Crippen molar-refractivity contribution in [1.82, 2.24) is 4.98 Å². The maximum atomic E-state index is 4.36. The summed E-state index contributed by atoms with van der Waals surface area (Å²) in [6.45, 7) is 2.97. The van der Waals surface area contributed by atoms with Crippen molar-refractivity contribution in [2.45, 2.75) is 13.5 Å². The van der Waals surface area contributed by atoms with E-state index in [1.165, 1.54) is 10.4 Å². The Labute approximate surface area is 108 Å². The van der Waals surface area contributed by atoms with Crippen LogP contribution in [0.5, 0.6) is 0 Å². The van der Waals surface area contributed by atoms with Gasteiger partial charge in [-0.3, -0.25) is 0 Å². The molecule has 0 bridgehead atoms. The van der Waals surface area contributed by atoms with Crippen LogP contribution in [0.3, 0.4) is 0 Å². The summed E-state index contributed by atoms with van der Waals surface area (Å²) in [5, 5.41) is 1.07. The molecule has 0 aliphatic rings. The van der Waals surface area contributed by atoms with Gasteiger partial charge in [-0.25, -0.2) is 4.98 Å². The highest BCUT2D eigenvalue weighted by atomic mass is 79.9. The third-order valence-electron chi connectivity index (χ3n) is 2.27. The SMILES string of the molecule is Cc1cnc(N(C)Cc2ccc(Br)cc2)s1. The molecule has 0 unspecified atom stereocenters. The second-order valence-corrected chi connectivity index (χ2v) is 5.86. The topological polar surface area (TPSA) is 16.1 Å². The average molecular weight is 297 g/mol. The highest BCUT2D eigenvalue weighted by molar-refractivity contribution is 9.10. The summed E-state index contributed by atoms with van der Waals surface area (Å²) in [7, 11) is 2.07.